The van der Waals surface area contributed by atoms with Crippen LogP contribution in [0, 0.1) is 0 Å². The number of aromatic nitrogens is 2. The summed E-state index contributed by atoms with van der Waals surface area (Å²) in [6.45, 7) is 1.91. The number of carbonyl (C=O) groups excluding carboxylic acids is 1. The van der Waals surface area contributed by atoms with E-state index in [4.69, 9.17) is 23.2 Å². The van der Waals surface area contributed by atoms with Gasteiger partial charge in [0.25, 0.3) is 0 Å². The van der Waals surface area contributed by atoms with Crippen molar-refractivity contribution in [2.45, 2.75) is 13.0 Å². The van der Waals surface area contributed by atoms with Gasteiger partial charge in [-0.15, -0.1) is 0 Å². The Labute approximate surface area is 149 Å². The van der Waals surface area contributed by atoms with E-state index in [0.717, 1.165) is 11.2 Å². The quantitative estimate of drug-likeness (QED) is 0.695. The summed E-state index contributed by atoms with van der Waals surface area (Å²) in [7, 11) is 0. The van der Waals surface area contributed by atoms with Gasteiger partial charge in [0, 0.05) is 17.3 Å². The van der Waals surface area contributed by atoms with Gasteiger partial charge in [-0.25, -0.2) is 4.98 Å². The lowest BCUT2D eigenvalue weighted by atomic mass is 10.1. The van der Waals surface area contributed by atoms with Crippen LogP contribution in [0.2, 0.25) is 10.2 Å². The van der Waals surface area contributed by atoms with Crippen LogP contribution in [-0.2, 0) is 4.79 Å². The van der Waals surface area contributed by atoms with Crippen LogP contribution in [0.15, 0.2) is 54.7 Å². The van der Waals surface area contributed by atoms with Crippen LogP contribution in [0.1, 0.15) is 24.2 Å². The summed E-state index contributed by atoms with van der Waals surface area (Å²) in [6.07, 6.45) is 4.96. The zero-order valence-corrected chi connectivity index (χ0v) is 14.4. The first kappa shape index (κ1) is 16.6. The number of nitrogens with one attached hydrogen (secondary N) is 1. The molecular weight excluding hydrogens is 345 g/mol. The van der Waals surface area contributed by atoms with E-state index in [0.29, 0.717) is 15.9 Å². The number of hydrogen-bond acceptors (Lipinski definition) is 2. The predicted octanol–water partition coefficient (Wildman–Crippen LogP) is 4.53. The van der Waals surface area contributed by atoms with E-state index < -0.39 is 0 Å². The van der Waals surface area contributed by atoms with Crippen molar-refractivity contribution in [1.82, 2.24) is 14.7 Å². The van der Waals surface area contributed by atoms with Crippen molar-refractivity contribution >= 4 is 40.8 Å². The molecule has 2 aromatic heterocycles. The summed E-state index contributed by atoms with van der Waals surface area (Å²) in [5.74, 6) is -0.209. The van der Waals surface area contributed by atoms with Gasteiger partial charge in [-0.2, -0.15) is 0 Å². The molecule has 0 aliphatic heterocycles. The Hall–Kier alpha value is -2.30. The fourth-order valence-corrected chi connectivity index (χ4v) is 2.75. The average Bonchev–Trinajstić information content (AvgIpc) is 2.88. The number of nitrogens with zero attached hydrogens (tertiary/aromatic N) is 2. The summed E-state index contributed by atoms with van der Waals surface area (Å²) in [6, 6.07) is 12.9. The maximum absolute atomic E-state index is 12.1. The number of carbonyl (C=O) groups is 1. The second kappa shape index (κ2) is 7.07. The van der Waals surface area contributed by atoms with E-state index in [-0.39, 0.29) is 11.9 Å². The molecule has 0 aliphatic carbocycles. The lowest BCUT2D eigenvalue weighted by Gasteiger charge is -2.12. The fourth-order valence-electron chi connectivity index (χ4n) is 2.39. The Balaban J connectivity index is 1.73. The molecule has 3 rings (SSSR count). The number of fused-ring (bicyclic) bond motifs is 1. The van der Waals surface area contributed by atoms with Gasteiger partial charge in [0.2, 0.25) is 5.91 Å². The summed E-state index contributed by atoms with van der Waals surface area (Å²) >= 11 is 12.0. The Morgan fingerprint density at radius 2 is 1.96 bits per heavy atom. The standard InChI is InChI=1S/C18H15Cl2N3O/c1-12(13-5-7-14(19)8-6-13)21-17(24)10-9-15-18(20)22-16-4-2-3-11-23(15)16/h2-12H,1H3,(H,21,24)/b10-9+/t12-/m1/s1. The highest BCUT2D eigenvalue weighted by Crippen LogP contribution is 2.19. The normalized spacial score (nSPS) is 12.6. The molecule has 0 unspecified atom stereocenters. The van der Waals surface area contributed by atoms with Gasteiger partial charge in [0.1, 0.15) is 5.65 Å². The SMILES string of the molecule is C[C@@H](NC(=O)/C=C/c1c(Cl)nc2ccccn12)c1ccc(Cl)cc1. The molecule has 1 N–H and O–H groups in total. The molecule has 0 saturated heterocycles. The molecular formula is C18H15Cl2N3O. The van der Waals surface area contributed by atoms with Crippen molar-refractivity contribution in [2.24, 2.45) is 0 Å². The number of imidazole rings is 1. The van der Waals surface area contributed by atoms with E-state index >= 15 is 0 Å². The van der Waals surface area contributed by atoms with Gasteiger partial charge in [0.05, 0.1) is 11.7 Å². The molecule has 4 nitrogen and oxygen atoms in total. The Bertz CT molecular complexity index is 900. The minimum absolute atomic E-state index is 0.128. The first-order valence-electron chi connectivity index (χ1n) is 7.41. The number of amides is 1. The molecule has 3 aromatic rings. The minimum atomic E-state index is -0.209. The van der Waals surface area contributed by atoms with Crippen molar-refractivity contribution < 1.29 is 4.79 Å². The Kier molecular flexibility index (Phi) is 4.88. The zero-order valence-electron chi connectivity index (χ0n) is 12.9. The molecule has 2 heterocycles. The topological polar surface area (TPSA) is 46.4 Å². The average molecular weight is 360 g/mol. The predicted molar refractivity (Wildman–Crippen MR) is 97.2 cm³/mol. The first-order chi connectivity index (χ1) is 11.5. The van der Waals surface area contributed by atoms with Crippen molar-refractivity contribution in [1.29, 1.82) is 0 Å². The molecule has 1 aromatic carbocycles. The zero-order chi connectivity index (χ0) is 17.1. The molecule has 0 bridgehead atoms. The lowest BCUT2D eigenvalue weighted by molar-refractivity contribution is -0.117. The molecule has 1 amide bonds. The molecule has 1 atom stereocenters. The van der Waals surface area contributed by atoms with E-state index in [9.17, 15) is 4.79 Å². The number of pyridine rings is 1. The van der Waals surface area contributed by atoms with E-state index in [1.54, 1.807) is 18.2 Å². The maximum Gasteiger partial charge on any atom is 0.244 e. The molecule has 0 fully saturated rings. The third-order valence-electron chi connectivity index (χ3n) is 3.64. The van der Waals surface area contributed by atoms with Crippen LogP contribution < -0.4 is 5.32 Å². The molecule has 0 spiro atoms. The Morgan fingerprint density at radius 1 is 1.21 bits per heavy atom. The van der Waals surface area contributed by atoms with Crippen molar-refractivity contribution in [2.75, 3.05) is 0 Å². The third-order valence-corrected chi connectivity index (χ3v) is 4.17. The summed E-state index contributed by atoms with van der Waals surface area (Å²) in [5, 5.41) is 3.93. The van der Waals surface area contributed by atoms with Crippen LogP contribution in [0.4, 0.5) is 0 Å². The van der Waals surface area contributed by atoms with Crippen LogP contribution in [0.5, 0.6) is 0 Å². The van der Waals surface area contributed by atoms with Gasteiger partial charge in [-0.1, -0.05) is 41.4 Å². The van der Waals surface area contributed by atoms with Crippen molar-refractivity contribution in [3.63, 3.8) is 0 Å². The molecule has 0 aliphatic rings. The highest BCUT2D eigenvalue weighted by atomic mass is 35.5. The van der Waals surface area contributed by atoms with Gasteiger partial charge >= 0.3 is 0 Å². The second-order valence-electron chi connectivity index (χ2n) is 5.33. The number of hydrogen-bond donors (Lipinski definition) is 1. The van der Waals surface area contributed by atoms with Gasteiger partial charge in [-0.05, 0) is 42.8 Å². The van der Waals surface area contributed by atoms with Crippen LogP contribution >= 0.6 is 23.2 Å². The van der Waals surface area contributed by atoms with Gasteiger partial charge in [-0.3, -0.25) is 9.20 Å². The smallest absolute Gasteiger partial charge is 0.244 e. The number of halogens is 2. The number of benzene rings is 1. The third kappa shape index (κ3) is 3.61. The maximum atomic E-state index is 12.1. The van der Waals surface area contributed by atoms with E-state index in [1.807, 2.05) is 47.9 Å². The molecule has 24 heavy (non-hydrogen) atoms. The minimum Gasteiger partial charge on any atom is -0.346 e. The van der Waals surface area contributed by atoms with Crippen LogP contribution in [-0.4, -0.2) is 15.3 Å². The Morgan fingerprint density at radius 3 is 2.71 bits per heavy atom. The highest BCUT2D eigenvalue weighted by Gasteiger charge is 2.09. The summed E-state index contributed by atoms with van der Waals surface area (Å²) in [5.41, 5.74) is 2.38. The highest BCUT2D eigenvalue weighted by molar-refractivity contribution is 6.31. The van der Waals surface area contributed by atoms with Gasteiger partial charge in [0.15, 0.2) is 5.15 Å². The van der Waals surface area contributed by atoms with Crippen LogP contribution in [0.3, 0.4) is 0 Å². The largest absolute Gasteiger partial charge is 0.346 e. The molecule has 122 valence electrons. The van der Waals surface area contributed by atoms with Gasteiger partial charge < -0.3 is 5.32 Å². The monoisotopic (exact) mass is 359 g/mol. The fraction of sp³-hybridized carbons (Fsp3) is 0.111. The lowest BCUT2D eigenvalue weighted by Crippen LogP contribution is -2.24. The summed E-state index contributed by atoms with van der Waals surface area (Å²) in [4.78, 5) is 16.4. The second-order valence-corrected chi connectivity index (χ2v) is 6.13. The number of rotatable bonds is 4. The summed E-state index contributed by atoms with van der Waals surface area (Å²) < 4.78 is 1.83. The molecule has 0 saturated carbocycles. The molecule has 6 heteroatoms. The molecule has 0 radical (unpaired) electrons. The van der Waals surface area contributed by atoms with Crippen molar-refractivity contribution in [3.05, 3.63) is 76.2 Å². The van der Waals surface area contributed by atoms with Crippen LogP contribution in [0.25, 0.3) is 11.7 Å². The van der Waals surface area contributed by atoms with E-state index in [1.165, 1.54) is 6.08 Å². The van der Waals surface area contributed by atoms with Crippen molar-refractivity contribution in [3.8, 4) is 0 Å². The first-order valence-corrected chi connectivity index (χ1v) is 8.17. The van der Waals surface area contributed by atoms with E-state index in [2.05, 4.69) is 10.3 Å².